The van der Waals surface area contributed by atoms with Crippen molar-refractivity contribution in [3.05, 3.63) is 33.8 Å². The van der Waals surface area contributed by atoms with Gasteiger partial charge in [-0.3, -0.25) is 4.79 Å². The second-order valence-corrected chi connectivity index (χ2v) is 6.00. The van der Waals surface area contributed by atoms with Crippen LogP contribution < -0.4 is 5.32 Å². The molecule has 92 valence electrons. The van der Waals surface area contributed by atoms with Gasteiger partial charge in [0.15, 0.2) is 0 Å². The van der Waals surface area contributed by atoms with Crippen molar-refractivity contribution in [2.45, 2.75) is 25.1 Å². The van der Waals surface area contributed by atoms with Crippen LogP contribution in [0.15, 0.2) is 22.7 Å². The van der Waals surface area contributed by atoms with Gasteiger partial charge in [-0.1, -0.05) is 15.9 Å². The fourth-order valence-electron chi connectivity index (χ4n) is 1.79. The summed E-state index contributed by atoms with van der Waals surface area (Å²) in [5.41, 5.74) is 1.68. The van der Waals surface area contributed by atoms with E-state index < -0.39 is 0 Å². The van der Waals surface area contributed by atoms with Crippen LogP contribution in [0.25, 0.3) is 0 Å². The lowest BCUT2D eigenvalue weighted by molar-refractivity contribution is 0.0952. The number of halogens is 2. The molecule has 2 rings (SSSR count). The number of carbonyl (C=O) groups excluding carboxylic acids is 1. The van der Waals surface area contributed by atoms with Gasteiger partial charge in [0.05, 0.1) is 5.38 Å². The fraction of sp³-hybridized carbons (Fsp3) is 0.462. The minimum absolute atomic E-state index is 0.0405. The van der Waals surface area contributed by atoms with Crippen LogP contribution in [0.4, 0.5) is 0 Å². The van der Waals surface area contributed by atoms with Gasteiger partial charge < -0.3 is 5.32 Å². The standard InChI is InChI=1S/C13H15BrClNO/c1-8-6-10(14)4-5-11(8)13(17)16-7-12(15)9-2-3-9/h4-6,9,12H,2-3,7H2,1H3,(H,16,17). The van der Waals surface area contributed by atoms with E-state index in [9.17, 15) is 4.79 Å². The molecule has 0 saturated heterocycles. The van der Waals surface area contributed by atoms with Gasteiger partial charge in [0, 0.05) is 16.6 Å². The molecule has 4 heteroatoms. The normalized spacial score (nSPS) is 16.6. The molecule has 2 nitrogen and oxygen atoms in total. The third-order valence-corrected chi connectivity index (χ3v) is 4.03. The van der Waals surface area contributed by atoms with Crippen molar-refractivity contribution in [1.29, 1.82) is 0 Å². The molecular formula is C13H15BrClNO. The highest BCUT2D eigenvalue weighted by Gasteiger charge is 2.29. The first-order chi connectivity index (χ1) is 8.08. The van der Waals surface area contributed by atoms with E-state index in [0.717, 1.165) is 10.0 Å². The highest BCUT2D eigenvalue weighted by Crippen LogP contribution is 2.35. The largest absolute Gasteiger partial charge is 0.351 e. The van der Waals surface area contributed by atoms with Crippen LogP contribution in [-0.2, 0) is 0 Å². The Hall–Kier alpha value is -0.540. The molecule has 1 amide bonds. The third-order valence-electron chi connectivity index (χ3n) is 3.02. The van der Waals surface area contributed by atoms with Crippen LogP contribution in [0.3, 0.4) is 0 Å². The van der Waals surface area contributed by atoms with Gasteiger partial charge in [0.25, 0.3) is 5.91 Å². The van der Waals surface area contributed by atoms with Gasteiger partial charge in [0.1, 0.15) is 0 Å². The van der Waals surface area contributed by atoms with E-state index in [2.05, 4.69) is 21.2 Å². The monoisotopic (exact) mass is 315 g/mol. The topological polar surface area (TPSA) is 29.1 Å². The molecule has 1 unspecified atom stereocenters. The minimum atomic E-state index is -0.0405. The summed E-state index contributed by atoms with van der Waals surface area (Å²) >= 11 is 9.53. The number of benzene rings is 1. The molecular weight excluding hydrogens is 302 g/mol. The summed E-state index contributed by atoms with van der Waals surface area (Å²) in [5.74, 6) is 0.560. The molecule has 1 N–H and O–H groups in total. The molecule has 0 bridgehead atoms. The summed E-state index contributed by atoms with van der Waals surface area (Å²) in [4.78, 5) is 11.9. The first-order valence-electron chi connectivity index (χ1n) is 5.76. The van der Waals surface area contributed by atoms with Gasteiger partial charge >= 0.3 is 0 Å². The number of rotatable bonds is 4. The zero-order chi connectivity index (χ0) is 12.4. The molecule has 1 aromatic carbocycles. The smallest absolute Gasteiger partial charge is 0.251 e. The van der Waals surface area contributed by atoms with Gasteiger partial charge in [-0.25, -0.2) is 0 Å². The Morgan fingerprint density at radius 3 is 2.88 bits per heavy atom. The fourth-order valence-corrected chi connectivity index (χ4v) is 2.60. The quantitative estimate of drug-likeness (QED) is 0.846. The Labute approximate surface area is 115 Å². The lowest BCUT2D eigenvalue weighted by atomic mass is 10.1. The number of aryl methyl sites for hydroxylation is 1. The van der Waals surface area contributed by atoms with Crippen molar-refractivity contribution >= 4 is 33.4 Å². The average molecular weight is 317 g/mol. The molecule has 1 atom stereocenters. The second-order valence-electron chi connectivity index (χ2n) is 4.52. The molecule has 0 spiro atoms. The van der Waals surface area contributed by atoms with Gasteiger partial charge in [-0.15, -0.1) is 11.6 Å². The van der Waals surface area contributed by atoms with Crippen LogP contribution >= 0.6 is 27.5 Å². The number of hydrogen-bond acceptors (Lipinski definition) is 1. The summed E-state index contributed by atoms with van der Waals surface area (Å²) < 4.78 is 0.986. The number of carbonyl (C=O) groups is 1. The van der Waals surface area contributed by atoms with Crippen LogP contribution in [0.5, 0.6) is 0 Å². The Kier molecular flexibility index (Phi) is 4.10. The summed E-state index contributed by atoms with van der Waals surface area (Å²) in [6.45, 7) is 2.49. The van der Waals surface area contributed by atoms with E-state index in [1.165, 1.54) is 12.8 Å². The molecule has 0 aliphatic heterocycles. The van der Waals surface area contributed by atoms with E-state index in [1.807, 2.05) is 25.1 Å². The van der Waals surface area contributed by atoms with Crippen LogP contribution in [0.1, 0.15) is 28.8 Å². The van der Waals surface area contributed by atoms with Gasteiger partial charge in [-0.05, 0) is 49.4 Å². The molecule has 1 saturated carbocycles. The molecule has 17 heavy (non-hydrogen) atoms. The number of nitrogens with one attached hydrogen (secondary N) is 1. The molecule has 0 aromatic heterocycles. The predicted molar refractivity (Wildman–Crippen MR) is 73.6 cm³/mol. The maximum Gasteiger partial charge on any atom is 0.251 e. The first kappa shape index (κ1) is 12.9. The van der Waals surface area contributed by atoms with Crippen molar-refractivity contribution in [2.24, 2.45) is 5.92 Å². The van der Waals surface area contributed by atoms with E-state index in [-0.39, 0.29) is 11.3 Å². The van der Waals surface area contributed by atoms with Crippen LogP contribution in [0, 0.1) is 12.8 Å². The summed E-state index contributed by atoms with van der Waals surface area (Å²) in [7, 11) is 0. The van der Waals surface area contributed by atoms with Crippen molar-refractivity contribution in [3.8, 4) is 0 Å². The summed E-state index contributed by atoms with van der Waals surface area (Å²) in [6.07, 6.45) is 2.39. The highest BCUT2D eigenvalue weighted by atomic mass is 79.9. The zero-order valence-electron chi connectivity index (χ0n) is 9.67. The minimum Gasteiger partial charge on any atom is -0.351 e. The Balaban J connectivity index is 1.94. The lowest BCUT2D eigenvalue weighted by Crippen LogP contribution is -2.31. The average Bonchev–Trinajstić information content (AvgIpc) is 3.09. The summed E-state index contributed by atoms with van der Waals surface area (Å²) in [6, 6.07) is 5.64. The highest BCUT2D eigenvalue weighted by molar-refractivity contribution is 9.10. The van der Waals surface area contributed by atoms with E-state index in [4.69, 9.17) is 11.6 Å². The van der Waals surface area contributed by atoms with Crippen LogP contribution in [0.2, 0.25) is 0 Å². The molecule has 1 fully saturated rings. The Morgan fingerprint density at radius 2 is 2.29 bits per heavy atom. The molecule has 1 aliphatic rings. The SMILES string of the molecule is Cc1cc(Br)ccc1C(=O)NCC(Cl)C1CC1. The van der Waals surface area contributed by atoms with Crippen LogP contribution in [-0.4, -0.2) is 17.8 Å². The number of alkyl halides is 1. The second kappa shape index (κ2) is 5.40. The van der Waals surface area contributed by atoms with Crippen molar-refractivity contribution in [2.75, 3.05) is 6.54 Å². The Morgan fingerprint density at radius 1 is 1.59 bits per heavy atom. The van der Waals surface area contributed by atoms with Gasteiger partial charge in [0.2, 0.25) is 0 Å². The van der Waals surface area contributed by atoms with Crippen molar-refractivity contribution < 1.29 is 4.79 Å². The molecule has 1 aromatic rings. The molecule has 0 radical (unpaired) electrons. The maximum absolute atomic E-state index is 11.9. The van der Waals surface area contributed by atoms with Crippen molar-refractivity contribution in [3.63, 3.8) is 0 Å². The molecule has 1 aliphatic carbocycles. The number of hydrogen-bond donors (Lipinski definition) is 1. The lowest BCUT2D eigenvalue weighted by Gasteiger charge is -2.11. The van der Waals surface area contributed by atoms with E-state index in [1.54, 1.807) is 0 Å². The van der Waals surface area contributed by atoms with E-state index in [0.29, 0.717) is 18.0 Å². The van der Waals surface area contributed by atoms with Crippen molar-refractivity contribution in [1.82, 2.24) is 5.32 Å². The van der Waals surface area contributed by atoms with E-state index >= 15 is 0 Å². The first-order valence-corrected chi connectivity index (χ1v) is 6.99. The zero-order valence-corrected chi connectivity index (χ0v) is 12.0. The summed E-state index contributed by atoms with van der Waals surface area (Å²) in [5, 5.41) is 2.97. The third kappa shape index (κ3) is 3.46. The van der Waals surface area contributed by atoms with Gasteiger partial charge in [-0.2, -0.15) is 0 Å². The maximum atomic E-state index is 11.9. The molecule has 0 heterocycles. The Bertz CT molecular complexity index is 431. The number of amides is 1. The predicted octanol–water partition coefficient (Wildman–Crippen LogP) is 3.50.